The number of carbonyl (C=O) groups is 2. The van der Waals surface area contributed by atoms with E-state index in [2.05, 4.69) is 60.4 Å². The molecule has 13 heteroatoms. The number of H-pyrrole nitrogens is 1. The van der Waals surface area contributed by atoms with Gasteiger partial charge in [0.25, 0.3) is 0 Å². The maximum atomic E-state index is 13.8. The van der Waals surface area contributed by atoms with Crippen LogP contribution in [0.15, 0.2) is 77.0 Å². The van der Waals surface area contributed by atoms with Gasteiger partial charge in [0, 0.05) is 74.7 Å². The summed E-state index contributed by atoms with van der Waals surface area (Å²) in [4.78, 5) is 39.5. The maximum Gasteiger partial charge on any atom is 0.241 e. The van der Waals surface area contributed by atoms with Crippen LogP contribution in [0.3, 0.4) is 0 Å². The molecule has 0 spiro atoms. The van der Waals surface area contributed by atoms with Crippen LogP contribution >= 0.6 is 11.8 Å². The second-order valence-corrected chi connectivity index (χ2v) is 13.8. The number of ether oxygens (including phenoxy) is 1. The number of fused-ring (bicyclic) bond motifs is 1. The molecule has 2 amide bonds. The Morgan fingerprint density at radius 1 is 1.12 bits per heavy atom. The zero-order valence-corrected chi connectivity index (χ0v) is 29.8. The largest absolute Gasteiger partial charge is 0.478 e. The Morgan fingerprint density at radius 2 is 1.94 bits per heavy atom. The summed E-state index contributed by atoms with van der Waals surface area (Å²) in [6, 6.07) is 17.6. The number of benzene rings is 2. The van der Waals surface area contributed by atoms with Crippen molar-refractivity contribution in [3.05, 3.63) is 78.0 Å². The third-order valence-electron chi connectivity index (χ3n) is 9.12. The normalized spacial score (nSPS) is 18.2. The van der Waals surface area contributed by atoms with Gasteiger partial charge in [-0.1, -0.05) is 30.3 Å². The molecule has 12 nitrogen and oxygen atoms in total. The van der Waals surface area contributed by atoms with Crippen molar-refractivity contribution in [1.29, 1.82) is 0 Å². The van der Waals surface area contributed by atoms with E-state index in [4.69, 9.17) is 4.74 Å². The number of carbonyl (C=O) groups excluding carboxylic acids is 2. The molecular formula is C37H43N9O3S. The van der Waals surface area contributed by atoms with Gasteiger partial charge >= 0.3 is 0 Å². The van der Waals surface area contributed by atoms with Gasteiger partial charge in [0.2, 0.25) is 17.7 Å². The number of amides is 2. The number of pyridine rings is 1. The van der Waals surface area contributed by atoms with Crippen LogP contribution in [0, 0.1) is 0 Å². The monoisotopic (exact) mass is 693 g/mol. The number of rotatable bonds is 11. The SMILES string of the molecule is C=N/C(=N\N(C)C)c1ccc(C2=CCN(C(=O)CN3CC[C@@](SC)(C(=O)Nc4ccc5[nH]nc(-c6ccnc(OCC)c6)c5c4)C3)CC2)cc1. The smallest absolute Gasteiger partial charge is 0.241 e. The molecule has 1 fully saturated rings. The molecule has 6 rings (SSSR count). The highest BCUT2D eigenvalue weighted by Crippen LogP contribution is 2.36. The van der Waals surface area contributed by atoms with Gasteiger partial charge in [0.15, 0.2) is 5.84 Å². The number of hydrogen-bond acceptors (Lipinski definition) is 9. The predicted octanol–water partition coefficient (Wildman–Crippen LogP) is 5.01. The van der Waals surface area contributed by atoms with E-state index in [1.807, 2.05) is 74.6 Å². The molecule has 4 heterocycles. The number of nitrogens with one attached hydrogen (secondary N) is 2. The van der Waals surface area contributed by atoms with Crippen LogP contribution in [-0.2, 0) is 9.59 Å². The number of hydrogen-bond donors (Lipinski definition) is 2. The molecule has 0 saturated carbocycles. The van der Waals surface area contributed by atoms with Crippen LogP contribution in [-0.4, -0.2) is 119 Å². The molecule has 260 valence electrons. The zero-order valence-electron chi connectivity index (χ0n) is 29.0. The first kappa shape index (κ1) is 34.8. The first-order valence-corrected chi connectivity index (χ1v) is 17.9. The van der Waals surface area contributed by atoms with Crippen molar-refractivity contribution in [2.24, 2.45) is 10.1 Å². The lowest BCUT2D eigenvalue weighted by Crippen LogP contribution is -2.45. The molecule has 1 saturated heterocycles. The van der Waals surface area contributed by atoms with E-state index in [-0.39, 0.29) is 18.4 Å². The summed E-state index contributed by atoms with van der Waals surface area (Å²) in [6.45, 7) is 8.76. The zero-order chi connectivity index (χ0) is 35.3. The van der Waals surface area contributed by atoms with Gasteiger partial charge in [0.05, 0.1) is 18.7 Å². The second kappa shape index (κ2) is 15.3. The second-order valence-electron chi connectivity index (χ2n) is 12.6. The Balaban J connectivity index is 1.06. The number of aromatic nitrogens is 3. The predicted molar refractivity (Wildman–Crippen MR) is 202 cm³/mol. The van der Waals surface area contributed by atoms with Gasteiger partial charge in [-0.15, -0.1) is 11.8 Å². The quantitative estimate of drug-likeness (QED) is 0.127. The lowest BCUT2D eigenvalue weighted by molar-refractivity contribution is -0.132. The molecule has 0 unspecified atom stereocenters. The molecule has 50 heavy (non-hydrogen) atoms. The van der Waals surface area contributed by atoms with E-state index < -0.39 is 4.75 Å². The third-order valence-corrected chi connectivity index (χ3v) is 10.4. The molecule has 0 radical (unpaired) electrons. The highest BCUT2D eigenvalue weighted by Gasteiger charge is 2.44. The molecule has 2 aromatic carbocycles. The van der Waals surface area contributed by atoms with Gasteiger partial charge in [-0.2, -0.15) is 10.2 Å². The molecule has 4 aromatic rings. The molecule has 2 aromatic heterocycles. The minimum absolute atomic E-state index is 0.0626. The Bertz CT molecular complexity index is 1940. The minimum atomic E-state index is -0.661. The van der Waals surface area contributed by atoms with Gasteiger partial charge in [-0.05, 0) is 68.1 Å². The number of thioether (sulfide) groups is 1. The Morgan fingerprint density at radius 3 is 2.64 bits per heavy atom. The van der Waals surface area contributed by atoms with Crippen molar-refractivity contribution < 1.29 is 14.3 Å². The number of hydrazone groups is 1. The van der Waals surface area contributed by atoms with Crippen molar-refractivity contribution >= 4 is 58.3 Å². The Hall–Kier alpha value is -5.01. The van der Waals surface area contributed by atoms with Crippen molar-refractivity contribution in [3.63, 3.8) is 0 Å². The fourth-order valence-electron chi connectivity index (χ4n) is 6.43. The molecule has 2 N–H and O–H groups in total. The number of amidine groups is 1. The van der Waals surface area contributed by atoms with E-state index in [0.29, 0.717) is 56.6 Å². The summed E-state index contributed by atoms with van der Waals surface area (Å²) in [6.07, 6.45) is 7.24. The van der Waals surface area contributed by atoms with Crippen LogP contribution < -0.4 is 10.1 Å². The van der Waals surface area contributed by atoms with Crippen LogP contribution in [0.25, 0.3) is 27.7 Å². The van der Waals surface area contributed by atoms with E-state index in [1.165, 1.54) is 5.57 Å². The first-order chi connectivity index (χ1) is 24.2. The highest BCUT2D eigenvalue weighted by molar-refractivity contribution is 8.00. The van der Waals surface area contributed by atoms with Gasteiger partial charge in [-0.25, -0.2) is 9.98 Å². The first-order valence-electron chi connectivity index (χ1n) is 16.7. The number of aliphatic imine (C=N–C) groups is 1. The summed E-state index contributed by atoms with van der Waals surface area (Å²) in [5, 5.41) is 17.7. The van der Waals surface area contributed by atoms with Crippen molar-refractivity contribution in [3.8, 4) is 17.1 Å². The average molecular weight is 694 g/mol. The molecule has 2 aliphatic rings. The van der Waals surface area contributed by atoms with Crippen LogP contribution in [0.5, 0.6) is 5.88 Å². The summed E-state index contributed by atoms with van der Waals surface area (Å²) in [5.41, 5.74) is 6.42. The molecule has 0 aliphatic carbocycles. The number of anilines is 1. The third kappa shape index (κ3) is 7.58. The van der Waals surface area contributed by atoms with Crippen molar-refractivity contribution in [2.75, 3.05) is 65.0 Å². The lowest BCUT2D eigenvalue weighted by atomic mass is 9.98. The van der Waals surface area contributed by atoms with E-state index in [1.54, 1.807) is 23.0 Å². The standard InChI is InChI=1S/C37H43N9O3S/c1-6-49-32-21-28(13-17-39-32)34-30-22-29(11-12-31(30)41-42-34)40-36(48)37(50-5)16-20-45(24-37)23-33(47)46-18-14-26(15-19-46)25-7-9-27(10-8-25)35(38-2)43-44(3)4/h7-14,17,21-22H,2,6,15-16,18-20,23-24H2,1,3-5H3,(H,40,48)(H,41,42)/b43-35-/t37-/m0/s1. The van der Waals surface area contributed by atoms with E-state index in [9.17, 15) is 9.59 Å². The highest BCUT2D eigenvalue weighted by atomic mass is 32.2. The van der Waals surface area contributed by atoms with Crippen LogP contribution in [0.2, 0.25) is 0 Å². The average Bonchev–Trinajstić information content (AvgIpc) is 3.76. The number of nitrogens with zero attached hydrogens (tertiary/aromatic N) is 7. The van der Waals surface area contributed by atoms with Crippen LogP contribution in [0.4, 0.5) is 5.69 Å². The number of aromatic amines is 1. The van der Waals surface area contributed by atoms with E-state index >= 15 is 0 Å². The fraction of sp³-hybridized carbons (Fsp3) is 0.351. The summed E-state index contributed by atoms with van der Waals surface area (Å²) in [7, 11) is 3.70. The maximum absolute atomic E-state index is 13.8. The molecular weight excluding hydrogens is 651 g/mol. The molecule has 2 aliphatic heterocycles. The minimum Gasteiger partial charge on any atom is -0.478 e. The van der Waals surface area contributed by atoms with Gasteiger partial charge < -0.3 is 20.0 Å². The Labute approximate surface area is 296 Å². The van der Waals surface area contributed by atoms with Gasteiger partial charge in [-0.3, -0.25) is 19.6 Å². The summed E-state index contributed by atoms with van der Waals surface area (Å²) in [5.74, 6) is 1.12. The van der Waals surface area contributed by atoms with Crippen molar-refractivity contribution in [2.45, 2.75) is 24.5 Å². The van der Waals surface area contributed by atoms with E-state index in [0.717, 1.165) is 39.7 Å². The Kier molecular flexibility index (Phi) is 10.6. The van der Waals surface area contributed by atoms with Crippen molar-refractivity contribution in [1.82, 2.24) is 30.0 Å². The fourth-order valence-corrected chi connectivity index (χ4v) is 7.27. The summed E-state index contributed by atoms with van der Waals surface area (Å²) >= 11 is 1.54. The molecule has 1 atom stereocenters. The van der Waals surface area contributed by atoms with Gasteiger partial charge in [0.1, 0.15) is 10.4 Å². The summed E-state index contributed by atoms with van der Waals surface area (Å²) < 4.78 is 4.91. The topological polar surface area (TPSA) is 131 Å². The lowest BCUT2D eigenvalue weighted by Gasteiger charge is -2.29. The molecule has 0 bridgehead atoms. The number of likely N-dealkylation sites (tertiary alicyclic amines) is 1. The van der Waals surface area contributed by atoms with Crippen LogP contribution in [0.1, 0.15) is 30.9 Å².